The molecule has 5 rings (SSSR count). The molecule has 0 spiro atoms. The molecule has 5 aliphatic rings. The summed E-state index contributed by atoms with van der Waals surface area (Å²) in [6.07, 6.45) is -0.380. The molecule has 42 heteroatoms. The largest absolute Gasteiger partial charge is 0.481 e. The third kappa shape index (κ3) is 27.7. The number of aliphatic carboxylic acids is 2. The van der Waals surface area contributed by atoms with Crippen molar-refractivity contribution < 1.29 is 107 Å². The summed E-state index contributed by atoms with van der Waals surface area (Å²) in [6.45, 7) is 13.9. The van der Waals surface area contributed by atoms with Gasteiger partial charge in [-0.2, -0.15) is 0 Å². The van der Waals surface area contributed by atoms with Crippen LogP contribution in [0.15, 0.2) is 0 Å². The van der Waals surface area contributed by atoms with E-state index in [9.17, 15) is 73.8 Å². The van der Waals surface area contributed by atoms with E-state index in [-0.39, 0.29) is 95.8 Å². The Bertz CT molecular complexity index is 3490. The van der Waals surface area contributed by atoms with Gasteiger partial charge in [-0.25, -0.2) is 4.79 Å². The normalized spacial score (nSPS) is 26.6. The maximum absolute atomic E-state index is 15.9. The van der Waals surface area contributed by atoms with Crippen molar-refractivity contribution in [1.29, 1.82) is 5.41 Å². The van der Waals surface area contributed by atoms with Crippen LogP contribution in [0.5, 0.6) is 0 Å². The Balaban J connectivity index is 1.72. The van der Waals surface area contributed by atoms with Crippen LogP contribution in [-0.2, 0) is 76.7 Å². The first-order valence-corrected chi connectivity index (χ1v) is 42.3. The van der Waals surface area contributed by atoms with Crippen molar-refractivity contribution in [2.24, 2.45) is 35.3 Å². The summed E-state index contributed by atoms with van der Waals surface area (Å²) in [5.41, 5.74) is 5.53. The number of aliphatic hydroxyl groups is 4. The van der Waals surface area contributed by atoms with Crippen LogP contribution in [0.25, 0.3) is 0 Å². The third-order valence-electron chi connectivity index (χ3n) is 22.0. The number of fused-ring (bicyclic) bond motifs is 4. The Labute approximate surface area is 683 Å². The van der Waals surface area contributed by atoms with Crippen molar-refractivity contribution in [2.45, 2.75) is 286 Å². The van der Waals surface area contributed by atoms with Gasteiger partial charge >= 0.3 is 11.9 Å². The SMILES string of the molecule is CCC(C)C(NC(=O)[C@H]1NC(=O)[C@H]([C@@H](C)CC)NC(=O)[C@@H]2C[C@@H]3CCCC[C@@H]3N2C(=O)[C@@H]2CCCN2C(=O)[C@H](CC(C)C)NC(=O)[C@H](CO)NC(=O)[C@H](CCCNC(=N)N)NC(=O)[C@H](CO)NC(=O)[C@@H](NC(=O)[C@@H](NC(=O)CNC)[C@@H](C)CC)SSC1(C)C)C(=O)N1CCCC1C(=O)N[C@@H](CC(=O)O)C(=O)N[C@@H](CCC(O)O)C(=O)O. The summed E-state index contributed by atoms with van der Waals surface area (Å²) in [5.74, 6) is -19.7. The number of hydrogen-bond donors (Lipinski definition) is 21. The molecule has 4 saturated heterocycles. The number of nitrogens with two attached hydrogens (primary N) is 1. The minimum absolute atomic E-state index is 0.000877. The minimum atomic E-state index is -1.98. The molecule has 4 heterocycles. The van der Waals surface area contributed by atoms with Gasteiger partial charge < -0.3 is 120 Å². The Morgan fingerprint density at radius 1 is 0.638 bits per heavy atom. The average molecular weight is 1680 g/mol. The van der Waals surface area contributed by atoms with E-state index in [0.29, 0.717) is 53.7 Å². The van der Waals surface area contributed by atoms with Crippen LogP contribution in [-0.4, -0.2) is 293 Å². The lowest BCUT2D eigenvalue weighted by Crippen LogP contribution is -2.65. The van der Waals surface area contributed by atoms with Gasteiger partial charge in [-0.15, -0.1) is 0 Å². The van der Waals surface area contributed by atoms with Gasteiger partial charge in [-0.05, 0) is 121 Å². The highest BCUT2D eigenvalue weighted by molar-refractivity contribution is 8.77. The molecule has 3 unspecified atom stereocenters. The number of nitrogens with one attached hydrogen (secondary N) is 14. The molecule has 0 radical (unpaired) electrons. The molecular weight excluding hydrogens is 1560 g/mol. The molecule has 22 N–H and O–H groups in total. The maximum Gasteiger partial charge on any atom is 0.326 e. The first-order valence-electron chi connectivity index (χ1n) is 40.0. The number of hydrogen-bond acceptors (Lipinski definition) is 24. The molecule has 14 amide bonds. The van der Waals surface area contributed by atoms with E-state index in [1.54, 1.807) is 55.4 Å². The van der Waals surface area contributed by atoms with Gasteiger partial charge in [0.25, 0.3) is 5.91 Å². The average Bonchev–Trinajstić information content (AvgIpc) is 1.61. The van der Waals surface area contributed by atoms with Gasteiger partial charge in [-0.3, -0.25) is 77.3 Å². The number of carboxylic acid groups (broad SMARTS) is 2. The van der Waals surface area contributed by atoms with Crippen LogP contribution in [0.3, 0.4) is 0 Å². The number of amides is 14. The molecule has 116 heavy (non-hydrogen) atoms. The maximum atomic E-state index is 15.9. The summed E-state index contributed by atoms with van der Waals surface area (Å²) in [6, 6.07) is -21.1. The molecule has 40 nitrogen and oxygen atoms in total. The third-order valence-corrected chi connectivity index (χ3v) is 25.5. The number of carboxylic acids is 2. The number of carbonyl (C=O) groups excluding carboxylic acids is 14. The lowest BCUT2D eigenvalue weighted by atomic mass is 9.84. The summed E-state index contributed by atoms with van der Waals surface area (Å²) in [4.78, 5) is 236. The molecule has 0 bridgehead atoms. The van der Waals surface area contributed by atoms with Crippen LogP contribution in [0.4, 0.5) is 0 Å². The molecule has 1 saturated carbocycles. The highest BCUT2D eigenvalue weighted by Crippen LogP contribution is 2.43. The molecule has 19 atom stereocenters. The predicted octanol–water partition coefficient (Wildman–Crippen LogP) is -4.11. The van der Waals surface area contributed by atoms with Crippen LogP contribution in [0.2, 0.25) is 0 Å². The monoisotopic (exact) mass is 1680 g/mol. The van der Waals surface area contributed by atoms with Gasteiger partial charge in [0.05, 0.1) is 30.9 Å². The Morgan fingerprint density at radius 3 is 1.83 bits per heavy atom. The van der Waals surface area contributed by atoms with E-state index < -0.39 is 252 Å². The van der Waals surface area contributed by atoms with Gasteiger partial charge in [0.1, 0.15) is 78.5 Å². The molecule has 5 fully saturated rings. The minimum Gasteiger partial charge on any atom is -0.481 e. The van der Waals surface area contributed by atoms with Crippen molar-refractivity contribution in [3.05, 3.63) is 0 Å². The second-order valence-corrected chi connectivity index (χ2v) is 34.6. The van der Waals surface area contributed by atoms with Crippen LogP contribution in [0, 0.1) is 35.0 Å². The zero-order chi connectivity index (χ0) is 86.7. The van der Waals surface area contributed by atoms with Gasteiger partial charge in [0.15, 0.2) is 17.6 Å². The number of likely N-dealkylation sites (tertiary alicyclic amines) is 1. The molecule has 4 aliphatic heterocycles. The fraction of sp³-hybridized carbons (Fsp3) is 0.770. The van der Waals surface area contributed by atoms with Crippen molar-refractivity contribution in [3.63, 3.8) is 0 Å². The summed E-state index contributed by atoms with van der Waals surface area (Å²) >= 11 is 0. The highest BCUT2D eigenvalue weighted by Gasteiger charge is 2.53. The molecule has 654 valence electrons. The first kappa shape index (κ1) is 97.9. The summed E-state index contributed by atoms with van der Waals surface area (Å²) in [5, 5.41) is 99.5. The topological polar surface area (TPSA) is 610 Å². The lowest BCUT2D eigenvalue weighted by Gasteiger charge is -2.39. The fourth-order valence-electron chi connectivity index (χ4n) is 14.9. The van der Waals surface area contributed by atoms with Crippen molar-refractivity contribution >= 4 is 122 Å². The number of rotatable bonds is 32. The zero-order valence-electron chi connectivity index (χ0n) is 68.0. The van der Waals surface area contributed by atoms with E-state index in [2.05, 4.69) is 69.1 Å². The highest BCUT2D eigenvalue weighted by atomic mass is 33.1. The van der Waals surface area contributed by atoms with E-state index in [0.717, 1.165) is 11.3 Å². The van der Waals surface area contributed by atoms with Crippen molar-refractivity contribution in [3.8, 4) is 0 Å². The van der Waals surface area contributed by atoms with E-state index in [1.807, 2.05) is 0 Å². The van der Waals surface area contributed by atoms with Crippen molar-refractivity contribution in [2.75, 3.05) is 46.4 Å². The Hall–Kier alpha value is -8.71. The summed E-state index contributed by atoms with van der Waals surface area (Å²) < 4.78 is -1.80. The van der Waals surface area contributed by atoms with E-state index in [1.165, 1.54) is 30.7 Å². The Kier molecular flexibility index (Phi) is 39.2. The smallest absolute Gasteiger partial charge is 0.326 e. The number of likely N-dealkylation sites (N-methyl/N-ethyl adjacent to an activating group) is 1. The Morgan fingerprint density at radius 2 is 1.24 bits per heavy atom. The number of guanidine groups is 1. The molecule has 0 aromatic carbocycles. The van der Waals surface area contributed by atoms with Gasteiger partial charge in [0, 0.05) is 32.1 Å². The second-order valence-electron chi connectivity index (χ2n) is 31.6. The summed E-state index contributed by atoms with van der Waals surface area (Å²) in [7, 11) is 2.73. The zero-order valence-corrected chi connectivity index (χ0v) is 69.7. The molecule has 1 aliphatic carbocycles. The molecule has 0 aromatic rings. The predicted molar refractivity (Wildman–Crippen MR) is 423 cm³/mol. The second kappa shape index (κ2) is 46.4. The number of nitrogens with zero attached hydrogens (tertiary/aromatic N) is 3. The fourth-order valence-corrected chi connectivity index (χ4v) is 17.6. The van der Waals surface area contributed by atoms with E-state index >= 15 is 33.6 Å². The van der Waals surface area contributed by atoms with Crippen LogP contribution >= 0.6 is 21.6 Å². The molecular formula is C74H124N18O22S2. The van der Waals surface area contributed by atoms with Crippen molar-refractivity contribution in [1.82, 2.24) is 83.8 Å². The number of carbonyl (C=O) groups is 16. The van der Waals surface area contributed by atoms with Gasteiger partial charge in [-0.1, -0.05) is 109 Å². The quantitative estimate of drug-likeness (QED) is 0.0100. The first-order chi connectivity index (χ1) is 54.7. The van der Waals surface area contributed by atoms with Gasteiger partial charge in [0.2, 0.25) is 76.8 Å². The standard InChI is InChI=1S/C74H124N18O22S2/c1-12-37(6)54(85-51(95)33-77-11)65(107)89-68-67(109)84-46(35-94)60(102)79-41(21-17-27-78-73(75)76)58(100)83-45(34-93)61(103)82-44(30-36(4)5)69(110)91-29-19-24-49(91)70(111)92-47-22-16-15-20-40(47)31-50(92)63(105)86-55(38(7)13-2)64(106)88-57(74(9,10)116-115-68)66(108)87-56(39(8)14-3)71(112)90-28-18-23-48(90)62(104)81-43(32-53(98)99)59(101)80-42(72(113)114)25-26-52(96)97/h36-50,52,54-57,68,77,93-94,96-97H,12-35H2,1-11H3,(H,79,102)(H,80,101)(H,81,104)(H,82,103)(H,83,100)(H,84,109)(H,85,95)(H,86,105)(H,87,108)(H,88,106)(H,89,107)(H,98,99)(H,113,114)(H4,75,76,78)/t37-,38-,39?,40-,41-,42-,43-,44-,45-,46-,47-,48?,49-,50-,54-,55-,56?,57+,68-/m0/s1. The number of aliphatic hydroxyl groups excluding tert-OH is 3. The van der Waals surface area contributed by atoms with Crippen LogP contribution < -0.4 is 74.9 Å². The lowest BCUT2D eigenvalue weighted by molar-refractivity contribution is -0.150. The van der Waals surface area contributed by atoms with Crippen LogP contribution in [0.1, 0.15) is 185 Å². The van der Waals surface area contributed by atoms with E-state index in [4.69, 9.17) is 11.1 Å². The molecule has 0 aromatic heterocycles.